The van der Waals surface area contributed by atoms with E-state index < -0.39 is 5.41 Å². The Morgan fingerprint density at radius 2 is 1.78 bits per heavy atom. The van der Waals surface area contributed by atoms with E-state index in [0.717, 1.165) is 27.8 Å². The molecule has 1 aliphatic heterocycles. The van der Waals surface area contributed by atoms with Gasteiger partial charge in [-0.05, 0) is 51.0 Å². The number of rotatable bonds is 3. The highest BCUT2D eigenvalue weighted by Crippen LogP contribution is 2.44. The minimum absolute atomic E-state index is 0.0429. The number of amides is 1. The predicted molar refractivity (Wildman–Crippen MR) is 125 cm³/mol. The Balaban J connectivity index is 1.82. The second kappa shape index (κ2) is 6.88. The molecule has 7 nitrogen and oxygen atoms in total. The molecule has 162 valence electrons. The molecule has 5 rings (SSSR count). The van der Waals surface area contributed by atoms with Gasteiger partial charge in [0.05, 0.1) is 22.5 Å². The fourth-order valence-corrected chi connectivity index (χ4v) is 4.62. The number of nitrogens with zero attached hydrogens (tertiary/aromatic N) is 4. The smallest absolute Gasteiger partial charge is 0.269 e. The number of fused-ring (bicyclic) bond motifs is 2. The third-order valence-electron chi connectivity index (χ3n) is 6.54. The minimum Gasteiger partial charge on any atom is -0.325 e. The van der Waals surface area contributed by atoms with Crippen molar-refractivity contribution in [1.29, 1.82) is 0 Å². The third kappa shape index (κ3) is 2.81. The monoisotopic (exact) mass is 427 g/mol. The second-order valence-corrected chi connectivity index (χ2v) is 8.94. The number of aromatic amines is 1. The van der Waals surface area contributed by atoms with Gasteiger partial charge in [-0.15, -0.1) is 0 Å². The summed E-state index contributed by atoms with van der Waals surface area (Å²) in [5, 5.41) is 0. The molecule has 0 saturated carbocycles. The molecule has 0 unspecified atom stereocenters. The van der Waals surface area contributed by atoms with Crippen molar-refractivity contribution in [3.8, 4) is 11.5 Å². The van der Waals surface area contributed by atoms with Gasteiger partial charge in [-0.1, -0.05) is 30.3 Å². The Bertz CT molecular complexity index is 1430. The van der Waals surface area contributed by atoms with E-state index in [9.17, 15) is 9.59 Å². The molecule has 0 bridgehead atoms. The number of hydrogen-bond donors (Lipinski definition) is 1. The highest BCUT2D eigenvalue weighted by molar-refractivity contribution is 6.09. The van der Waals surface area contributed by atoms with Crippen LogP contribution in [0.1, 0.15) is 43.6 Å². The maximum absolute atomic E-state index is 12.8. The maximum Gasteiger partial charge on any atom is 0.269 e. The van der Waals surface area contributed by atoms with E-state index in [2.05, 4.69) is 33.6 Å². The molecule has 1 aliphatic rings. The first kappa shape index (κ1) is 20.2. The largest absolute Gasteiger partial charge is 0.325 e. The lowest BCUT2D eigenvalue weighted by molar-refractivity contribution is -0.121. The lowest BCUT2D eigenvalue weighted by Crippen LogP contribution is -2.33. The molecule has 0 saturated heterocycles. The molecular formula is C25H25N5O2. The van der Waals surface area contributed by atoms with Gasteiger partial charge in [0.2, 0.25) is 5.91 Å². The number of carbonyl (C=O) groups is 1. The van der Waals surface area contributed by atoms with E-state index in [-0.39, 0.29) is 17.5 Å². The number of H-pyrrole nitrogens is 1. The molecule has 7 heteroatoms. The number of likely N-dealkylation sites (N-methyl/N-ethyl adjacent to an activating group) is 1. The Hall–Kier alpha value is -3.74. The van der Waals surface area contributed by atoms with Crippen LogP contribution < -0.4 is 10.5 Å². The van der Waals surface area contributed by atoms with Gasteiger partial charge >= 0.3 is 0 Å². The molecule has 0 spiro atoms. The molecule has 3 heterocycles. The van der Waals surface area contributed by atoms with Crippen molar-refractivity contribution in [1.82, 2.24) is 19.5 Å². The van der Waals surface area contributed by atoms with Crippen molar-refractivity contribution in [2.75, 3.05) is 11.9 Å². The van der Waals surface area contributed by atoms with E-state index in [1.54, 1.807) is 18.0 Å². The number of imidazole rings is 1. The summed E-state index contributed by atoms with van der Waals surface area (Å²) in [4.78, 5) is 38.7. The average molecular weight is 428 g/mol. The minimum atomic E-state index is -0.611. The van der Waals surface area contributed by atoms with Crippen LogP contribution in [0, 0.1) is 6.92 Å². The van der Waals surface area contributed by atoms with Crippen LogP contribution in [0.5, 0.6) is 0 Å². The number of carbonyl (C=O) groups excluding carboxylic acids is 1. The summed E-state index contributed by atoms with van der Waals surface area (Å²) in [6.45, 7) is 7.69. The van der Waals surface area contributed by atoms with Crippen LogP contribution in [0.2, 0.25) is 0 Å². The molecule has 0 radical (unpaired) electrons. The van der Waals surface area contributed by atoms with Crippen LogP contribution >= 0.6 is 0 Å². The van der Waals surface area contributed by atoms with Gasteiger partial charge in [0.25, 0.3) is 5.56 Å². The van der Waals surface area contributed by atoms with Crippen molar-refractivity contribution in [2.24, 2.45) is 0 Å². The third-order valence-corrected chi connectivity index (χ3v) is 6.54. The van der Waals surface area contributed by atoms with Gasteiger partial charge in [0.15, 0.2) is 5.82 Å². The summed E-state index contributed by atoms with van der Waals surface area (Å²) in [5.41, 5.74) is 4.86. The summed E-state index contributed by atoms with van der Waals surface area (Å²) in [5.74, 6) is 0.743. The zero-order chi connectivity index (χ0) is 22.8. The number of aromatic nitrogens is 4. The summed E-state index contributed by atoms with van der Waals surface area (Å²) in [6.07, 6.45) is 1.61. The van der Waals surface area contributed by atoms with E-state index in [1.165, 1.54) is 0 Å². The van der Waals surface area contributed by atoms with Crippen molar-refractivity contribution >= 4 is 22.6 Å². The molecule has 32 heavy (non-hydrogen) atoms. The Kier molecular flexibility index (Phi) is 4.34. The van der Waals surface area contributed by atoms with Crippen LogP contribution in [0.4, 0.5) is 5.69 Å². The number of nitrogens with one attached hydrogen (secondary N) is 1. The lowest BCUT2D eigenvalue weighted by atomic mass is 9.86. The maximum atomic E-state index is 12.8. The van der Waals surface area contributed by atoms with Crippen LogP contribution in [0.15, 0.2) is 53.5 Å². The zero-order valence-corrected chi connectivity index (χ0v) is 18.8. The van der Waals surface area contributed by atoms with Gasteiger partial charge in [-0.3, -0.25) is 9.59 Å². The molecule has 1 N–H and O–H groups in total. The SMILES string of the molecule is Cc1nc(-c2nc3cc4c(cc3n2[C@@H](C)c2ccccc2)N(C)C(=O)C4(C)C)c[nH]c1=O. The number of hydrogen-bond acceptors (Lipinski definition) is 4. The molecule has 1 amide bonds. The molecular weight excluding hydrogens is 402 g/mol. The van der Waals surface area contributed by atoms with Crippen molar-refractivity contribution in [3.63, 3.8) is 0 Å². The standard InChI is InChI=1S/C25H25N5O2/c1-14-23(31)26-13-19(27-14)22-28-18-11-17-20(29(5)24(32)25(17,3)4)12-21(18)30(22)15(2)16-9-7-6-8-10-16/h6-13,15H,1-5H3,(H,26,31)/t15-/m0/s1. The van der Waals surface area contributed by atoms with E-state index in [4.69, 9.17) is 4.98 Å². The number of benzene rings is 2. The second-order valence-electron chi connectivity index (χ2n) is 8.94. The molecule has 2 aromatic heterocycles. The fraction of sp³-hybridized carbons (Fsp3) is 0.280. The van der Waals surface area contributed by atoms with Crippen LogP contribution in [0.3, 0.4) is 0 Å². The lowest BCUT2D eigenvalue weighted by Gasteiger charge is -2.19. The van der Waals surface area contributed by atoms with Crippen LogP contribution in [-0.2, 0) is 10.2 Å². The van der Waals surface area contributed by atoms with Gasteiger partial charge in [-0.2, -0.15) is 0 Å². The summed E-state index contributed by atoms with van der Waals surface area (Å²) < 4.78 is 2.13. The normalized spacial score (nSPS) is 15.9. The first-order valence-corrected chi connectivity index (χ1v) is 10.7. The van der Waals surface area contributed by atoms with Gasteiger partial charge < -0.3 is 14.5 Å². The predicted octanol–water partition coefficient (Wildman–Crippen LogP) is 3.96. The van der Waals surface area contributed by atoms with E-state index in [0.29, 0.717) is 17.2 Å². The van der Waals surface area contributed by atoms with E-state index in [1.807, 2.05) is 51.2 Å². The first-order valence-electron chi connectivity index (χ1n) is 10.7. The quantitative estimate of drug-likeness (QED) is 0.536. The average Bonchev–Trinajstić information content (AvgIpc) is 3.24. The first-order chi connectivity index (χ1) is 15.2. The van der Waals surface area contributed by atoms with E-state index >= 15 is 0 Å². The van der Waals surface area contributed by atoms with Crippen molar-refractivity contribution in [3.05, 3.63) is 75.8 Å². The summed E-state index contributed by atoms with van der Waals surface area (Å²) in [6, 6.07) is 14.2. The molecule has 0 fully saturated rings. The number of aryl methyl sites for hydroxylation is 1. The highest BCUT2D eigenvalue weighted by Gasteiger charge is 2.43. The van der Waals surface area contributed by atoms with Crippen molar-refractivity contribution < 1.29 is 4.79 Å². The van der Waals surface area contributed by atoms with Crippen molar-refractivity contribution in [2.45, 2.75) is 39.2 Å². The van der Waals surface area contributed by atoms with Gasteiger partial charge in [0.1, 0.15) is 11.4 Å². The summed E-state index contributed by atoms with van der Waals surface area (Å²) in [7, 11) is 1.82. The molecule has 0 aliphatic carbocycles. The summed E-state index contributed by atoms with van der Waals surface area (Å²) >= 11 is 0. The van der Waals surface area contributed by atoms with Gasteiger partial charge in [-0.25, -0.2) is 9.97 Å². The Morgan fingerprint density at radius 3 is 2.47 bits per heavy atom. The highest BCUT2D eigenvalue weighted by atomic mass is 16.2. The molecule has 2 aromatic carbocycles. The Labute approximate surface area is 185 Å². The van der Waals surface area contributed by atoms with Crippen LogP contribution in [-0.4, -0.2) is 32.5 Å². The Morgan fingerprint density at radius 1 is 1.06 bits per heavy atom. The number of anilines is 1. The zero-order valence-electron chi connectivity index (χ0n) is 18.8. The molecule has 4 aromatic rings. The van der Waals surface area contributed by atoms with Gasteiger partial charge in [0, 0.05) is 18.9 Å². The molecule has 1 atom stereocenters. The topological polar surface area (TPSA) is 83.9 Å². The fourth-order valence-electron chi connectivity index (χ4n) is 4.62. The van der Waals surface area contributed by atoms with Crippen LogP contribution in [0.25, 0.3) is 22.6 Å².